The summed E-state index contributed by atoms with van der Waals surface area (Å²) in [7, 11) is 0. The molecule has 0 bridgehead atoms. The molecule has 1 atom stereocenters. The van der Waals surface area contributed by atoms with E-state index in [-0.39, 0.29) is 18.2 Å². The van der Waals surface area contributed by atoms with Crippen molar-refractivity contribution in [3.05, 3.63) is 34.2 Å². The van der Waals surface area contributed by atoms with Gasteiger partial charge >= 0.3 is 5.97 Å². The maximum atomic E-state index is 12.2. The zero-order valence-corrected chi connectivity index (χ0v) is 13.1. The lowest BCUT2D eigenvalue weighted by molar-refractivity contribution is -0.137. The van der Waals surface area contributed by atoms with Crippen LogP contribution < -0.4 is 5.32 Å². The van der Waals surface area contributed by atoms with Crippen molar-refractivity contribution < 1.29 is 14.7 Å². The second-order valence-electron chi connectivity index (χ2n) is 4.99. The Morgan fingerprint density at radius 2 is 2.10 bits per heavy atom. The fraction of sp³-hybridized carbons (Fsp3) is 0.333. The molecule has 0 radical (unpaired) electrons. The zero-order valence-electron chi connectivity index (χ0n) is 11.6. The molecule has 1 aromatic carbocycles. The van der Waals surface area contributed by atoms with Crippen molar-refractivity contribution in [3.63, 3.8) is 0 Å². The average molecular weight is 326 g/mol. The molecule has 4 nitrogen and oxygen atoms in total. The maximum Gasteiger partial charge on any atom is 0.303 e. The number of carbonyl (C=O) groups is 2. The summed E-state index contributed by atoms with van der Waals surface area (Å²) in [6, 6.07) is 7.61. The smallest absolute Gasteiger partial charge is 0.303 e. The van der Waals surface area contributed by atoms with Crippen LogP contribution >= 0.6 is 22.9 Å². The Morgan fingerprint density at radius 3 is 2.76 bits per heavy atom. The molecular formula is C15H16ClNO3S. The summed E-state index contributed by atoms with van der Waals surface area (Å²) < 4.78 is 0.978. The van der Waals surface area contributed by atoms with E-state index in [9.17, 15) is 9.59 Å². The first-order chi connectivity index (χ1) is 9.99. The number of hydrogen-bond acceptors (Lipinski definition) is 3. The maximum absolute atomic E-state index is 12.2. The monoisotopic (exact) mass is 325 g/mol. The summed E-state index contributed by atoms with van der Waals surface area (Å²) in [6.07, 6.45) is 0.649. The van der Waals surface area contributed by atoms with Crippen molar-refractivity contribution in [1.82, 2.24) is 5.32 Å². The first kappa shape index (κ1) is 15.8. The van der Waals surface area contributed by atoms with Crippen molar-refractivity contribution in [1.29, 1.82) is 0 Å². The molecule has 0 fully saturated rings. The van der Waals surface area contributed by atoms with Gasteiger partial charge in [-0.2, -0.15) is 0 Å². The number of carbonyl (C=O) groups excluding carboxylic acids is 1. The minimum Gasteiger partial charge on any atom is -0.481 e. The third kappa shape index (κ3) is 3.95. The van der Waals surface area contributed by atoms with Gasteiger partial charge in [0.1, 0.15) is 4.88 Å². The summed E-state index contributed by atoms with van der Waals surface area (Å²) in [5.74, 6) is -0.915. The quantitative estimate of drug-likeness (QED) is 0.849. The van der Waals surface area contributed by atoms with Gasteiger partial charge in [0.15, 0.2) is 0 Å². The lowest BCUT2D eigenvalue weighted by atomic mass is 10.1. The molecule has 1 aromatic heterocycles. The van der Waals surface area contributed by atoms with E-state index in [1.807, 2.05) is 31.2 Å². The van der Waals surface area contributed by atoms with Crippen molar-refractivity contribution >= 4 is 44.9 Å². The molecule has 1 amide bonds. The van der Waals surface area contributed by atoms with Crippen LogP contribution in [0.15, 0.2) is 24.3 Å². The van der Waals surface area contributed by atoms with Crippen molar-refractivity contribution in [3.8, 4) is 0 Å². The van der Waals surface area contributed by atoms with Crippen LogP contribution in [0.2, 0.25) is 5.02 Å². The molecule has 0 spiro atoms. The standard InChI is InChI=1S/C15H16ClNO3S/c1-9(6-7-12(18)19)8-17-15(20)14-13(16)10-4-2-3-5-11(10)21-14/h2-5,9H,6-8H2,1H3,(H,17,20)(H,18,19). The highest BCUT2D eigenvalue weighted by atomic mass is 35.5. The van der Waals surface area contributed by atoms with Crippen LogP contribution in [0.5, 0.6) is 0 Å². The van der Waals surface area contributed by atoms with Gasteiger partial charge in [-0.15, -0.1) is 11.3 Å². The molecule has 2 aromatic rings. The number of aliphatic carboxylic acids is 1. The van der Waals surface area contributed by atoms with Crippen LogP contribution in [-0.4, -0.2) is 23.5 Å². The Bertz CT molecular complexity index is 668. The lowest BCUT2D eigenvalue weighted by Crippen LogP contribution is -2.28. The summed E-state index contributed by atoms with van der Waals surface area (Å²) in [5, 5.41) is 12.8. The number of fused-ring (bicyclic) bond motifs is 1. The number of thiophene rings is 1. The highest BCUT2D eigenvalue weighted by Gasteiger charge is 2.17. The van der Waals surface area contributed by atoms with Crippen LogP contribution in [0.3, 0.4) is 0 Å². The fourth-order valence-corrected chi connectivity index (χ4v) is 3.41. The molecular weight excluding hydrogens is 310 g/mol. The Hall–Kier alpha value is -1.59. The Balaban J connectivity index is 1.99. The van der Waals surface area contributed by atoms with Crippen molar-refractivity contribution in [2.45, 2.75) is 19.8 Å². The van der Waals surface area contributed by atoms with Crippen LogP contribution in [0.25, 0.3) is 10.1 Å². The van der Waals surface area contributed by atoms with E-state index in [0.29, 0.717) is 22.9 Å². The number of carboxylic acid groups (broad SMARTS) is 1. The summed E-state index contributed by atoms with van der Waals surface area (Å²) in [4.78, 5) is 23.2. The van der Waals surface area contributed by atoms with Gasteiger partial charge in [0.2, 0.25) is 0 Å². The number of hydrogen-bond donors (Lipinski definition) is 2. The largest absolute Gasteiger partial charge is 0.481 e. The van der Waals surface area contributed by atoms with Gasteiger partial charge in [-0.3, -0.25) is 9.59 Å². The topological polar surface area (TPSA) is 66.4 Å². The van der Waals surface area contributed by atoms with Crippen LogP contribution in [-0.2, 0) is 4.79 Å². The molecule has 6 heteroatoms. The molecule has 0 saturated carbocycles. The molecule has 1 heterocycles. The minimum atomic E-state index is -0.819. The third-order valence-electron chi connectivity index (χ3n) is 3.20. The second-order valence-corrected chi connectivity index (χ2v) is 6.42. The third-order valence-corrected chi connectivity index (χ3v) is 4.88. The van der Waals surface area contributed by atoms with Gasteiger partial charge in [0, 0.05) is 23.1 Å². The second kappa shape index (κ2) is 6.91. The normalized spacial score (nSPS) is 12.3. The SMILES string of the molecule is CC(CCC(=O)O)CNC(=O)c1sc2ccccc2c1Cl. The molecule has 21 heavy (non-hydrogen) atoms. The number of benzene rings is 1. The zero-order chi connectivity index (χ0) is 15.4. The van der Waals surface area contributed by atoms with E-state index in [2.05, 4.69) is 5.32 Å². The molecule has 0 aliphatic carbocycles. The van der Waals surface area contributed by atoms with Crippen molar-refractivity contribution in [2.24, 2.45) is 5.92 Å². The number of carboxylic acids is 1. The van der Waals surface area contributed by atoms with E-state index in [1.165, 1.54) is 11.3 Å². The number of amides is 1. The molecule has 0 aliphatic heterocycles. The number of halogens is 1. The molecule has 112 valence electrons. The van der Waals surface area contributed by atoms with E-state index < -0.39 is 5.97 Å². The molecule has 2 rings (SSSR count). The van der Waals surface area contributed by atoms with Gasteiger partial charge in [-0.25, -0.2) is 0 Å². The highest BCUT2D eigenvalue weighted by Crippen LogP contribution is 2.34. The average Bonchev–Trinajstić information content (AvgIpc) is 2.80. The predicted octanol–water partition coefficient (Wildman–Crippen LogP) is 3.79. The summed E-state index contributed by atoms with van der Waals surface area (Å²) in [6.45, 7) is 2.35. The summed E-state index contributed by atoms with van der Waals surface area (Å²) in [5.41, 5.74) is 0. The Labute approximate surface area is 131 Å². The van der Waals surface area contributed by atoms with Gasteiger partial charge in [0.05, 0.1) is 5.02 Å². The molecule has 0 aliphatic rings. The first-order valence-corrected chi connectivity index (χ1v) is 7.85. The van der Waals surface area contributed by atoms with E-state index >= 15 is 0 Å². The van der Waals surface area contributed by atoms with Crippen LogP contribution in [0, 0.1) is 5.92 Å². The predicted molar refractivity (Wildman–Crippen MR) is 85.2 cm³/mol. The van der Waals surface area contributed by atoms with E-state index in [1.54, 1.807) is 0 Å². The van der Waals surface area contributed by atoms with Gasteiger partial charge < -0.3 is 10.4 Å². The Kier molecular flexibility index (Phi) is 5.20. The van der Waals surface area contributed by atoms with Crippen LogP contribution in [0.1, 0.15) is 29.4 Å². The molecule has 1 unspecified atom stereocenters. The van der Waals surface area contributed by atoms with Crippen molar-refractivity contribution in [2.75, 3.05) is 6.54 Å². The van der Waals surface area contributed by atoms with Crippen LogP contribution in [0.4, 0.5) is 0 Å². The number of rotatable bonds is 6. The Morgan fingerprint density at radius 1 is 1.38 bits per heavy atom. The fourth-order valence-electron chi connectivity index (χ4n) is 1.98. The first-order valence-electron chi connectivity index (χ1n) is 6.66. The lowest BCUT2D eigenvalue weighted by Gasteiger charge is -2.10. The van der Waals surface area contributed by atoms with Gasteiger partial charge in [-0.05, 0) is 18.4 Å². The van der Waals surface area contributed by atoms with Gasteiger partial charge in [-0.1, -0.05) is 36.7 Å². The van der Waals surface area contributed by atoms with E-state index in [0.717, 1.165) is 10.1 Å². The highest BCUT2D eigenvalue weighted by molar-refractivity contribution is 7.21. The van der Waals surface area contributed by atoms with E-state index in [4.69, 9.17) is 16.7 Å². The summed E-state index contributed by atoms with van der Waals surface area (Å²) >= 11 is 7.61. The molecule has 2 N–H and O–H groups in total. The van der Waals surface area contributed by atoms with Gasteiger partial charge in [0.25, 0.3) is 5.91 Å². The number of nitrogens with one attached hydrogen (secondary N) is 1. The minimum absolute atomic E-state index is 0.109. The molecule has 0 saturated heterocycles.